The first kappa shape index (κ1) is 4.98. The van der Waals surface area contributed by atoms with Crippen LogP contribution in [0.1, 0.15) is 0 Å². The highest BCUT2D eigenvalue weighted by molar-refractivity contribution is 7.90. The van der Waals surface area contributed by atoms with Gasteiger partial charge in [-0.15, -0.1) is 18.4 Å². The Hall–Kier alpha value is -0.850. The van der Waals surface area contributed by atoms with Crippen molar-refractivity contribution in [2.45, 2.75) is 0 Å². The van der Waals surface area contributed by atoms with Gasteiger partial charge in [0.1, 0.15) is 0 Å². The molecule has 0 saturated carbocycles. The summed E-state index contributed by atoms with van der Waals surface area (Å²) < 4.78 is 0. The van der Waals surface area contributed by atoms with Crippen LogP contribution in [0.2, 0.25) is 0 Å². The minimum atomic E-state index is 0.968. The third kappa shape index (κ3) is 0.576. The lowest BCUT2D eigenvalue weighted by atomic mass is 10.5. The van der Waals surface area contributed by atoms with Crippen LogP contribution in [0, 0.1) is 0 Å². The predicted molar refractivity (Wildman–Crippen MR) is 40.4 cm³/mol. The van der Waals surface area contributed by atoms with Gasteiger partial charge in [0, 0.05) is 16.3 Å². The summed E-state index contributed by atoms with van der Waals surface area (Å²) in [5.74, 6) is 0. The Morgan fingerprint density at radius 2 is 2.44 bits per heavy atom. The molecule has 0 aromatic carbocycles. The minimum absolute atomic E-state index is 0.968. The van der Waals surface area contributed by atoms with Crippen molar-refractivity contribution in [1.82, 2.24) is 4.98 Å². The van der Waals surface area contributed by atoms with E-state index in [0.29, 0.717) is 0 Å². The first-order valence-electron chi connectivity index (χ1n) is 2.71. The highest BCUT2D eigenvalue weighted by atomic mass is 32.1. The van der Waals surface area contributed by atoms with Gasteiger partial charge in [-0.3, -0.25) is 0 Å². The fourth-order valence-corrected chi connectivity index (χ4v) is 1.17. The van der Waals surface area contributed by atoms with Crippen molar-refractivity contribution >= 4 is 23.3 Å². The van der Waals surface area contributed by atoms with Crippen molar-refractivity contribution in [3.05, 3.63) is 28.9 Å². The van der Waals surface area contributed by atoms with E-state index in [2.05, 4.69) is 23.3 Å². The monoisotopic (exact) mass is 135 g/mol. The highest BCUT2D eigenvalue weighted by Crippen LogP contribution is 1.99. The maximum Gasteiger partial charge on any atom is 0.0674 e. The standard InChI is InChI=1S/C7H5NS/c9-6-2-1-5-3-4-8-7(5)6/h2-4,8-9H. The maximum atomic E-state index is 4.21. The molecule has 1 aromatic heterocycles. The second-order valence-electron chi connectivity index (χ2n) is 1.94. The van der Waals surface area contributed by atoms with E-state index in [4.69, 9.17) is 0 Å². The smallest absolute Gasteiger partial charge is 0.0674 e. The number of nitrogens with one attached hydrogen (secondary N) is 1. The predicted octanol–water partition coefficient (Wildman–Crippen LogP) is 0.00190. The van der Waals surface area contributed by atoms with Gasteiger partial charge in [-0.05, 0) is 12.1 Å². The maximum absolute atomic E-state index is 4.21. The molecule has 44 valence electrons. The summed E-state index contributed by atoms with van der Waals surface area (Å²) in [5, 5.41) is 2.19. The van der Waals surface area contributed by atoms with E-state index >= 15 is 0 Å². The molecule has 0 fully saturated rings. The van der Waals surface area contributed by atoms with Gasteiger partial charge < -0.3 is 4.98 Å². The van der Waals surface area contributed by atoms with E-state index < -0.39 is 0 Å². The summed E-state index contributed by atoms with van der Waals surface area (Å²) in [6.07, 6.45) is 3.76. The van der Waals surface area contributed by atoms with Crippen LogP contribution in [0.5, 0.6) is 0 Å². The van der Waals surface area contributed by atoms with Gasteiger partial charge >= 0.3 is 0 Å². The number of hydrogen-bond donors (Lipinski definition) is 2. The Bertz CT molecular complexity index is 379. The van der Waals surface area contributed by atoms with Crippen molar-refractivity contribution in [3.8, 4) is 0 Å². The van der Waals surface area contributed by atoms with Crippen LogP contribution in [0.15, 0.2) is 18.3 Å². The van der Waals surface area contributed by atoms with Crippen LogP contribution in [0.3, 0.4) is 0 Å². The molecular weight excluding hydrogens is 130 g/mol. The average molecular weight is 135 g/mol. The van der Waals surface area contributed by atoms with Gasteiger partial charge in [0.05, 0.1) is 5.35 Å². The Kier molecular flexibility index (Phi) is 0.865. The van der Waals surface area contributed by atoms with Gasteiger partial charge in [0.25, 0.3) is 0 Å². The number of H-pyrrole nitrogens is 1. The molecule has 1 heterocycles. The molecule has 0 atom stereocenters. The van der Waals surface area contributed by atoms with E-state index in [9.17, 15) is 0 Å². The fraction of sp³-hybridized carbons (Fsp3) is 0. The summed E-state index contributed by atoms with van der Waals surface area (Å²) >= 11 is 4.21. The summed E-state index contributed by atoms with van der Waals surface area (Å²) in [4.78, 5) is 4.03. The molecule has 1 nitrogen and oxygen atoms in total. The Morgan fingerprint density at radius 1 is 1.56 bits per heavy atom. The Balaban J connectivity index is 3.14. The van der Waals surface area contributed by atoms with Crippen molar-refractivity contribution in [1.29, 1.82) is 0 Å². The second-order valence-corrected chi connectivity index (χ2v) is 2.42. The van der Waals surface area contributed by atoms with Gasteiger partial charge in [0.2, 0.25) is 0 Å². The number of aromatic nitrogens is 1. The molecule has 0 radical (unpaired) electrons. The van der Waals surface area contributed by atoms with Crippen LogP contribution in [-0.2, 0) is 0 Å². The molecule has 2 heteroatoms. The average Bonchev–Trinajstić information content (AvgIpc) is 2.35. The largest absolute Gasteiger partial charge is 0.360 e. The second kappa shape index (κ2) is 1.56. The van der Waals surface area contributed by atoms with Crippen LogP contribution in [0.25, 0.3) is 10.6 Å². The SMILES string of the molecule is SC1=c2[nH]ccc2=C=C1. The number of fused-ring (bicyclic) bond motifs is 1. The van der Waals surface area contributed by atoms with E-state index in [1.807, 2.05) is 18.3 Å². The molecule has 0 amide bonds. The molecule has 1 aliphatic carbocycles. The normalized spacial score (nSPS) is 13.7. The van der Waals surface area contributed by atoms with Crippen LogP contribution >= 0.6 is 12.6 Å². The van der Waals surface area contributed by atoms with Crippen molar-refractivity contribution in [2.75, 3.05) is 0 Å². The van der Waals surface area contributed by atoms with Gasteiger partial charge in [-0.2, -0.15) is 0 Å². The highest BCUT2D eigenvalue weighted by Gasteiger charge is 1.94. The van der Waals surface area contributed by atoms with E-state index in [-0.39, 0.29) is 0 Å². The van der Waals surface area contributed by atoms with E-state index in [1.165, 1.54) is 0 Å². The lowest BCUT2D eigenvalue weighted by molar-refractivity contribution is 1.32. The van der Waals surface area contributed by atoms with Crippen molar-refractivity contribution in [3.63, 3.8) is 0 Å². The third-order valence-electron chi connectivity index (χ3n) is 1.37. The molecule has 1 N–H and O–H groups in total. The lowest BCUT2D eigenvalue weighted by Gasteiger charge is -1.77. The van der Waals surface area contributed by atoms with Crippen molar-refractivity contribution in [2.24, 2.45) is 0 Å². The lowest BCUT2D eigenvalue weighted by Crippen LogP contribution is -2.19. The Labute approximate surface area is 57.8 Å². The molecule has 0 aliphatic heterocycles. The summed E-state index contributed by atoms with van der Waals surface area (Å²) in [7, 11) is 0. The zero-order chi connectivity index (χ0) is 6.27. The number of rotatable bonds is 0. The Morgan fingerprint density at radius 3 is 3.22 bits per heavy atom. The van der Waals surface area contributed by atoms with Crippen LogP contribution in [-0.4, -0.2) is 4.98 Å². The number of aromatic amines is 1. The molecule has 0 unspecified atom stereocenters. The molecule has 9 heavy (non-hydrogen) atoms. The van der Waals surface area contributed by atoms with E-state index in [1.54, 1.807) is 0 Å². The van der Waals surface area contributed by atoms with Crippen molar-refractivity contribution < 1.29 is 0 Å². The molecule has 1 aliphatic rings. The number of hydrogen-bond acceptors (Lipinski definition) is 1. The molecule has 0 spiro atoms. The number of thiol groups is 1. The molecule has 2 rings (SSSR count). The van der Waals surface area contributed by atoms with Crippen LogP contribution in [0.4, 0.5) is 0 Å². The third-order valence-corrected chi connectivity index (χ3v) is 1.72. The fourth-order valence-electron chi connectivity index (χ4n) is 0.920. The quantitative estimate of drug-likeness (QED) is 0.466. The first-order valence-corrected chi connectivity index (χ1v) is 3.16. The topological polar surface area (TPSA) is 15.8 Å². The molecule has 1 aromatic rings. The van der Waals surface area contributed by atoms with E-state index in [0.717, 1.165) is 15.5 Å². The van der Waals surface area contributed by atoms with Gasteiger partial charge in [-0.25, -0.2) is 0 Å². The van der Waals surface area contributed by atoms with Crippen LogP contribution < -0.4 is 10.6 Å². The molecule has 0 saturated heterocycles. The minimum Gasteiger partial charge on any atom is -0.360 e. The zero-order valence-electron chi connectivity index (χ0n) is 4.68. The summed E-state index contributed by atoms with van der Waals surface area (Å²) in [6.45, 7) is 0. The summed E-state index contributed by atoms with van der Waals surface area (Å²) in [6, 6.07) is 1.98. The van der Waals surface area contributed by atoms with Gasteiger partial charge in [0.15, 0.2) is 0 Å². The first-order chi connectivity index (χ1) is 4.38. The zero-order valence-corrected chi connectivity index (χ0v) is 5.57. The van der Waals surface area contributed by atoms with Gasteiger partial charge in [-0.1, -0.05) is 0 Å². The molecular formula is C7H5NS. The summed E-state index contributed by atoms with van der Waals surface area (Å²) in [5.41, 5.74) is 3.06. The molecule has 0 bridgehead atoms.